The standard InChI is InChI=1S/C17H20N4O3/c1-20-13(22)10-17(16(20)24)6-8-21(9-7-17)15(23)12-4-2-11(3-5-12)14(18)19/h2-5H,6-10H2,1H3,(H3,18,19). The first-order chi connectivity index (χ1) is 11.3. The molecule has 1 aromatic carbocycles. The Bertz CT molecular complexity index is 718. The van der Waals surface area contributed by atoms with Crippen molar-refractivity contribution >= 4 is 23.6 Å². The van der Waals surface area contributed by atoms with E-state index in [2.05, 4.69) is 0 Å². The van der Waals surface area contributed by atoms with Crippen molar-refractivity contribution in [1.82, 2.24) is 9.80 Å². The van der Waals surface area contributed by atoms with Crippen LogP contribution in [0, 0.1) is 10.8 Å². The highest BCUT2D eigenvalue weighted by Gasteiger charge is 2.51. The molecule has 2 heterocycles. The van der Waals surface area contributed by atoms with E-state index in [1.165, 1.54) is 11.9 Å². The smallest absolute Gasteiger partial charge is 0.253 e. The number of carbonyl (C=O) groups is 3. The van der Waals surface area contributed by atoms with Crippen LogP contribution in [0.5, 0.6) is 0 Å². The van der Waals surface area contributed by atoms with Crippen LogP contribution in [-0.2, 0) is 9.59 Å². The normalized spacial score (nSPS) is 19.9. The largest absolute Gasteiger partial charge is 0.384 e. The number of nitrogen functional groups attached to an aromatic ring is 1. The highest BCUT2D eigenvalue weighted by molar-refractivity contribution is 6.06. The van der Waals surface area contributed by atoms with Gasteiger partial charge in [-0.2, -0.15) is 0 Å². The van der Waals surface area contributed by atoms with Crippen LogP contribution in [0.3, 0.4) is 0 Å². The molecule has 126 valence electrons. The number of likely N-dealkylation sites (tertiary alicyclic amines) is 2. The van der Waals surface area contributed by atoms with Crippen molar-refractivity contribution in [2.45, 2.75) is 19.3 Å². The van der Waals surface area contributed by atoms with Crippen LogP contribution < -0.4 is 5.73 Å². The zero-order chi connectivity index (χ0) is 17.5. The number of hydrogen-bond donors (Lipinski definition) is 2. The zero-order valence-corrected chi connectivity index (χ0v) is 13.5. The van der Waals surface area contributed by atoms with Crippen molar-refractivity contribution in [3.8, 4) is 0 Å². The summed E-state index contributed by atoms with van der Waals surface area (Å²) in [6.45, 7) is 0.917. The minimum absolute atomic E-state index is 0.0394. The SMILES string of the molecule is CN1C(=O)CC2(CCN(C(=O)c3ccc(C(=N)N)cc3)CC2)C1=O. The molecule has 1 spiro atoms. The van der Waals surface area contributed by atoms with Crippen LogP contribution in [0.4, 0.5) is 0 Å². The maximum atomic E-state index is 12.6. The van der Waals surface area contributed by atoms with E-state index in [0.29, 0.717) is 37.1 Å². The lowest BCUT2D eigenvalue weighted by molar-refractivity contribution is -0.140. The summed E-state index contributed by atoms with van der Waals surface area (Å²) in [4.78, 5) is 39.6. The van der Waals surface area contributed by atoms with Crippen LogP contribution in [0.1, 0.15) is 35.2 Å². The quantitative estimate of drug-likeness (QED) is 0.470. The van der Waals surface area contributed by atoms with Crippen molar-refractivity contribution in [1.29, 1.82) is 5.41 Å². The highest BCUT2D eigenvalue weighted by Crippen LogP contribution is 2.41. The number of nitrogens with one attached hydrogen (secondary N) is 1. The van der Waals surface area contributed by atoms with Crippen molar-refractivity contribution in [2.24, 2.45) is 11.1 Å². The number of nitrogens with zero attached hydrogens (tertiary/aromatic N) is 2. The van der Waals surface area contributed by atoms with E-state index < -0.39 is 5.41 Å². The molecule has 1 aromatic rings. The number of imide groups is 1. The number of nitrogens with two attached hydrogens (primary N) is 1. The van der Waals surface area contributed by atoms with Crippen molar-refractivity contribution < 1.29 is 14.4 Å². The molecule has 2 aliphatic heterocycles. The predicted octanol–water partition coefficient (Wildman–Crippen LogP) is 0.582. The van der Waals surface area contributed by atoms with Gasteiger partial charge in [0.2, 0.25) is 11.8 Å². The second-order valence-electron chi connectivity index (χ2n) is 6.50. The van der Waals surface area contributed by atoms with Crippen molar-refractivity contribution in [2.75, 3.05) is 20.1 Å². The topological polar surface area (TPSA) is 108 Å². The molecule has 2 saturated heterocycles. The van der Waals surface area contributed by atoms with Gasteiger partial charge in [0.1, 0.15) is 5.84 Å². The summed E-state index contributed by atoms with van der Waals surface area (Å²) in [5, 5.41) is 7.37. The molecule has 0 saturated carbocycles. The second kappa shape index (κ2) is 5.74. The lowest BCUT2D eigenvalue weighted by atomic mass is 9.77. The molecule has 0 aromatic heterocycles. The first kappa shape index (κ1) is 16.2. The molecule has 0 atom stereocenters. The third-order valence-electron chi connectivity index (χ3n) is 5.07. The Hall–Kier alpha value is -2.70. The van der Waals surface area contributed by atoms with E-state index in [1.54, 1.807) is 29.2 Å². The van der Waals surface area contributed by atoms with Gasteiger partial charge in [-0.05, 0) is 25.0 Å². The van der Waals surface area contributed by atoms with E-state index in [0.717, 1.165) is 0 Å². The zero-order valence-electron chi connectivity index (χ0n) is 13.5. The van der Waals surface area contributed by atoms with Crippen LogP contribution in [0.2, 0.25) is 0 Å². The van der Waals surface area contributed by atoms with Gasteiger partial charge in [-0.25, -0.2) is 0 Å². The van der Waals surface area contributed by atoms with Crippen LogP contribution in [0.25, 0.3) is 0 Å². The third kappa shape index (κ3) is 2.55. The Labute approximate surface area is 139 Å². The van der Waals surface area contributed by atoms with Gasteiger partial charge < -0.3 is 10.6 Å². The van der Waals surface area contributed by atoms with Gasteiger partial charge in [-0.1, -0.05) is 12.1 Å². The van der Waals surface area contributed by atoms with Crippen molar-refractivity contribution in [3.63, 3.8) is 0 Å². The van der Waals surface area contributed by atoms with E-state index >= 15 is 0 Å². The minimum atomic E-state index is -0.624. The maximum Gasteiger partial charge on any atom is 0.253 e. The molecule has 24 heavy (non-hydrogen) atoms. The summed E-state index contributed by atoms with van der Waals surface area (Å²) in [6.07, 6.45) is 1.27. The average Bonchev–Trinajstić information content (AvgIpc) is 2.79. The van der Waals surface area contributed by atoms with Gasteiger partial charge in [0.05, 0.1) is 5.41 Å². The third-order valence-corrected chi connectivity index (χ3v) is 5.07. The Morgan fingerprint density at radius 1 is 1.12 bits per heavy atom. The van der Waals surface area contributed by atoms with E-state index in [4.69, 9.17) is 11.1 Å². The van der Waals surface area contributed by atoms with Gasteiger partial charge in [0, 0.05) is 37.7 Å². The predicted molar refractivity (Wildman–Crippen MR) is 87.4 cm³/mol. The number of piperidine rings is 1. The number of amidine groups is 1. The molecule has 7 nitrogen and oxygen atoms in total. The second-order valence-corrected chi connectivity index (χ2v) is 6.50. The fourth-order valence-corrected chi connectivity index (χ4v) is 3.46. The van der Waals surface area contributed by atoms with Crippen molar-refractivity contribution in [3.05, 3.63) is 35.4 Å². The molecule has 2 fully saturated rings. The number of hydrogen-bond acceptors (Lipinski definition) is 4. The Kier molecular flexibility index (Phi) is 3.87. The number of rotatable bonds is 2. The molecular weight excluding hydrogens is 308 g/mol. The molecule has 3 rings (SSSR count). The fourth-order valence-electron chi connectivity index (χ4n) is 3.46. The molecule has 3 amide bonds. The average molecular weight is 328 g/mol. The molecular formula is C17H20N4O3. The molecule has 7 heteroatoms. The molecule has 0 bridgehead atoms. The Morgan fingerprint density at radius 2 is 1.67 bits per heavy atom. The molecule has 0 aliphatic carbocycles. The summed E-state index contributed by atoms with van der Waals surface area (Å²) < 4.78 is 0. The highest BCUT2D eigenvalue weighted by atomic mass is 16.2. The fraction of sp³-hybridized carbons (Fsp3) is 0.412. The maximum absolute atomic E-state index is 12.6. The van der Waals surface area contributed by atoms with Gasteiger partial charge >= 0.3 is 0 Å². The van der Waals surface area contributed by atoms with Gasteiger partial charge in [0.25, 0.3) is 5.91 Å². The molecule has 3 N–H and O–H groups in total. The first-order valence-corrected chi connectivity index (χ1v) is 7.89. The van der Waals surface area contributed by atoms with Gasteiger partial charge in [-0.15, -0.1) is 0 Å². The summed E-state index contributed by atoms with van der Waals surface area (Å²) in [5.74, 6) is -0.405. The Morgan fingerprint density at radius 3 is 2.12 bits per heavy atom. The Balaban J connectivity index is 1.68. The number of carbonyl (C=O) groups excluding carboxylic acids is 3. The van der Waals surface area contributed by atoms with Crippen LogP contribution in [-0.4, -0.2) is 53.5 Å². The van der Waals surface area contributed by atoms with Gasteiger partial charge in [-0.3, -0.25) is 24.7 Å². The molecule has 0 radical (unpaired) electrons. The molecule has 2 aliphatic rings. The minimum Gasteiger partial charge on any atom is -0.384 e. The number of amides is 3. The monoisotopic (exact) mass is 328 g/mol. The first-order valence-electron chi connectivity index (χ1n) is 7.89. The van der Waals surface area contributed by atoms with Crippen LogP contribution in [0.15, 0.2) is 24.3 Å². The lowest BCUT2D eigenvalue weighted by Crippen LogP contribution is -2.46. The van der Waals surface area contributed by atoms with Gasteiger partial charge in [0.15, 0.2) is 0 Å². The summed E-state index contributed by atoms with van der Waals surface area (Å²) in [6, 6.07) is 6.60. The van der Waals surface area contributed by atoms with E-state index in [-0.39, 0.29) is 30.0 Å². The van der Waals surface area contributed by atoms with E-state index in [9.17, 15) is 14.4 Å². The summed E-state index contributed by atoms with van der Waals surface area (Å²) in [5.41, 5.74) is 5.89. The lowest BCUT2D eigenvalue weighted by Gasteiger charge is -2.37. The molecule has 0 unspecified atom stereocenters. The van der Waals surface area contributed by atoms with Crippen LogP contribution >= 0.6 is 0 Å². The summed E-state index contributed by atoms with van der Waals surface area (Å²) >= 11 is 0. The summed E-state index contributed by atoms with van der Waals surface area (Å²) in [7, 11) is 1.52. The van der Waals surface area contributed by atoms with E-state index in [1.807, 2.05) is 0 Å². The number of benzene rings is 1.